The largest absolute Gasteiger partial charge is 0.471 e. The zero-order valence-electron chi connectivity index (χ0n) is 21.3. The van der Waals surface area contributed by atoms with Crippen molar-refractivity contribution >= 4 is 28.5 Å². The molecule has 3 aliphatic heterocycles. The maximum atomic E-state index is 12.8. The average molecular weight is 565 g/mol. The number of aliphatic hydroxyl groups is 4. The van der Waals surface area contributed by atoms with Gasteiger partial charge in [0.25, 0.3) is 0 Å². The average Bonchev–Trinajstić information content (AvgIpc) is 3.31. The first-order valence-electron chi connectivity index (χ1n) is 12.8. The van der Waals surface area contributed by atoms with E-state index in [4.69, 9.17) is 30.5 Å². The minimum Gasteiger partial charge on any atom is -0.471 e. The highest BCUT2D eigenvalue weighted by atomic mass is 35.5. The second-order valence-corrected chi connectivity index (χ2v) is 10.5. The number of ether oxygens (including phenoxy) is 4. The van der Waals surface area contributed by atoms with E-state index in [9.17, 15) is 25.2 Å². The molecule has 212 valence electrons. The van der Waals surface area contributed by atoms with Crippen molar-refractivity contribution in [2.24, 2.45) is 11.8 Å². The van der Waals surface area contributed by atoms with E-state index in [0.29, 0.717) is 17.0 Å². The maximum Gasteiger partial charge on any atom is 0.337 e. The molecule has 5 rings (SSSR count). The smallest absolute Gasteiger partial charge is 0.337 e. The summed E-state index contributed by atoms with van der Waals surface area (Å²) in [4.78, 5) is 16.3. The maximum absolute atomic E-state index is 12.8. The summed E-state index contributed by atoms with van der Waals surface area (Å²) < 4.78 is 22.2. The van der Waals surface area contributed by atoms with Gasteiger partial charge in [-0.1, -0.05) is 17.7 Å². The van der Waals surface area contributed by atoms with Gasteiger partial charge in [-0.3, -0.25) is 0 Å². The Morgan fingerprint density at radius 3 is 2.74 bits per heavy atom. The summed E-state index contributed by atoms with van der Waals surface area (Å²) in [6.07, 6.45) is -4.22. The van der Waals surface area contributed by atoms with Gasteiger partial charge in [-0.25, -0.2) is 4.79 Å². The van der Waals surface area contributed by atoms with E-state index < -0.39 is 61.4 Å². The van der Waals surface area contributed by atoms with Crippen molar-refractivity contribution in [1.82, 2.24) is 10.3 Å². The Morgan fingerprint density at radius 2 is 2.03 bits per heavy atom. The van der Waals surface area contributed by atoms with Gasteiger partial charge in [-0.2, -0.15) is 0 Å². The molecular formula is C27H33ClN2O9. The lowest BCUT2D eigenvalue weighted by molar-refractivity contribution is -0.339. The lowest BCUT2D eigenvalue weighted by Crippen LogP contribution is -2.60. The lowest BCUT2D eigenvalue weighted by atomic mass is 9.78. The van der Waals surface area contributed by atoms with Crippen molar-refractivity contribution in [3.05, 3.63) is 59.0 Å². The van der Waals surface area contributed by atoms with E-state index in [1.54, 1.807) is 6.08 Å². The Balaban J connectivity index is 1.43. The molecule has 1 aromatic heterocycles. The predicted octanol–water partition coefficient (Wildman–Crippen LogP) is 1.05. The van der Waals surface area contributed by atoms with Crippen LogP contribution in [0.5, 0.6) is 0 Å². The van der Waals surface area contributed by atoms with E-state index in [-0.39, 0.29) is 6.04 Å². The van der Waals surface area contributed by atoms with Gasteiger partial charge in [0.15, 0.2) is 6.29 Å². The van der Waals surface area contributed by atoms with Crippen LogP contribution in [0.3, 0.4) is 0 Å². The van der Waals surface area contributed by atoms with Crippen molar-refractivity contribution in [3.63, 3.8) is 0 Å². The Hall–Kier alpha value is -2.48. The summed E-state index contributed by atoms with van der Waals surface area (Å²) in [5.74, 6) is -1.63. The van der Waals surface area contributed by atoms with Crippen molar-refractivity contribution in [1.29, 1.82) is 0 Å². The summed E-state index contributed by atoms with van der Waals surface area (Å²) in [5.41, 5.74) is 3.43. The zero-order valence-corrected chi connectivity index (χ0v) is 22.1. The van der Waals surface area contributed by atoms with Gasteiger partial charge in [-0.15, -0.1) is 6.58 Å². The number of aliphatic hydroxyl groups excluding tert-OH is 4. The highest BCUT2D eigenvalue weighted by molar-refractivity contribution is 6.31. The van der Waals surface area contributed by atoms with Crippen molar-refractivity contribution in [3.8, 4) is 0 Å². The second-order valence-electron chi connectivity index (χ2n) is 10.0. The molecular weight excluding hydrogens is 532 g/mol. The van der Waals surface area contributed by atoms with Gasteiger partial charge in [0, 0.05) is 39.5 Å². The molecule has 2 aromatic rings. The number of benzene rings is 1. The minimum atomic E-state index is -1.61. The zero-order chi connectivity index (χ0) is 27.8. The number of aromatic nitrogens is 1. The molecule has 4 heterocycles. The number of fused-ring (bicyclic) bond motifs is 3. The highest BCUT2D eigenvalue weighted by Gasteiger charge is 2.48. The normalized spacial score (nSPS) is 34.6. The van der Waals surface area contributed by atoms with Crippen LogP contribution >= 0.6 is 11.6 Å². The van der Waals surface area contributed by atoms with E-state index in [1.807, 2.05) is 18.2 Å². The van der Waals surface area contributed by atoms with Crippen LogP contribution in [-0.2, 0) is 30.2 Å². The van der Waals surface area contributed by atoms with Gasteiger partial charge in [0.2, 0.25) is 6.29 Å². The third-order valence-electron chi connectivity index (χ3n) is 7.82. The second kappa shape index (κ2) is 11.6. The quantitative estimate of drug-likeness (QED) is 0.212. The molecule has 0 bridgehead atoms. The van der Waals surface area contributed by atoms with Crippen LogP contribution in [0.4, 0.5) is 0 Å². The number of hydrogen-bond donors (Lipinski definition) is 6. The van der Waals surface area contributed by atoms with Crippen LogP contribution in [0, 0.1) is 11.8 Å². The summed E-state index contributed by atoms with van der Waals surface area (Å²) in [7, 11) is 1.29. The summed E-state index contributed by atoms with van der Waals surface area (Å²) in [6, 6.07) is 5.56. The fourth-order valence-electron chi connectivity index (χ4n) is 5.76. The van der Waals surface area contributed by atoms with Crippen molar-refractivity contribution in [2.45, 2.75) is 55.9 Å². The summed E-state index contributed by atoms with van der Waals surface area (Å²) in [6.45, 7) is 4.07. The Labute approximate surface area is 230 Å². The van der Waals surface area contributed by atoms with E-state index >= 15 is 0 Å². The number of carbonyl (C=O) groups excluding carboxylic acids is 1. The first-order valence-corrected chi connectivity index (χ1v) is 13.2. The van der Waals surface area contributed by atoms with Crippen LogP contribution in [-0.4, -0.2) is 88.6 Å². The lowest BCUT2D eigenvalue weighted by Gasteiger charge is -2.43. The molecule has 11 nitrogen and oxygen atoms in total. The van der Waals surface area contributed by atoms with E-state index in [0.717, 1.165) is 35.1 Å². The highest BCUT2D eigenvalue weighted by Crippen LogP contribution is 2.42. The predicted molar refractivity (Wildman–Crippen MR) is 139 cm³/mol. The van der Waals surface area contributed by atoms with E-state index in [1.165, 1.54) is 13.4 Å². The summed E-state index contributed by atoms with van der Waals surface area (Å²) >= 11 is 6.26. The third kappa shape index (κ3) is 5.21. The first kappa shape index (κ1) is 28.1. The van der Waals surface area contributed by atoms with Crippen molar-refractivity contribution < 1.29 is 44.2 Å². The van der Waals surface area contributed by atoms with Crippen LogP contribution in [0.15, 0.2) is 42.7 Å². The standard InChI is InChI=1S/C27H33ClN2O9/c1-3-13-15(9-19-21-14(6-7-29-19)16-8-12(28)4-5-18(16)30-21)17(25(35)36-2)11-37-26(13)39-27-24(34)23(33)22(32)20(10-31)38-27/h3-5,8,11,13,15,19-20,22-24,26-27,29-34H,1,6-7,9-10H2,2H3/t13-,15+,19+,20-,22-,23+,24-,26+,27+/m1/s1. The van der Waals surface area contributed by atoms with Crippen LogP contribution in [0.25, 0.3) is 10.9 Å². The molecule has 0 unspecified atom stereocenters. The fourth-order valence-corrected chi connectivity index (χ4v) is 5.94. The number of carbonyl (C=O) groups is 1. The molecule has 1 aromatic carbocycles. The molecule has 1 fully saturated rings. The number of H-pyrrole nitrogens is 1. The van der Waals surface area contributed by atoms with Gasteiger partial charge in [-0.05, 0) is 43.1 Å². The molecule has 0 spiro atoms. The third-order valence-corrected chi connectivity index (χ3v) is 8.06. The number of rotatable bonds is 7. The Bertz CT molecular complexity index is 1250. The molecule has 6 N–H and O–H groups in total. The number of hydrogen-bond acceptors (Lipinski definition) is 10. The number of halogens is 1. The van der Waals surface area contributed by atoms with Gasteiger partial charge >= 0.3 is 5.97 Å². The molecule has 12 heteroatoms. The van der Waals surface area contributed by atoms with Crippen LogP contribution in [0.2, 0.25) is 5.02 Å². The van der Waals surface area contributed by atoms with Gasteiger partial charge in [0.1, 0.15) is 24.4 Å². The molecule has 0 aliphatic carbocycles. The molecule has 39 heavy (non-hydrogen) atoms. The molecule has 0 saturated carbocycles. The molecule has 1 saturated heterocycles. The first-order chi connectivity index (χ1) is 18.8. The number of esters is 1. The molecule has 3 aliphatic rings. The minimum absolute atomic E-state index is 0.161. The Morgan fingerprint density at radius 1 is 1.23 bits per heavy atom. The van der Waals surface area contributed by atoms with Gasteiger partial charge < -0.3 is 49.7 Å². The van der Waals surface area contributed by atoms with Crippen LogP contribution in [0.1, 0.15) is 23.7 Å². The molecule has 0 amide bonds. The Kier molecular flexibility index (Phi) is 8.32. The number of aromatic amines is 1. The fraction of sp³-hybridized carbons (Fsp3) is 0.519. The number of methoxy groups -OCH3 is 1. The topological polar surface area (TPSA) is 163 Å². The SMILES string of the molecule is C=C[C@H]1[C@H](O[C@@H]2O[C@H](CO)[C@@H](O)[C@H](O)[C@H]2O)OC=C(C(=O)OC)[C@H]1C[C@@H]1NCCc2c1[nH]c1ccc(Cl)cc21. The molecule has 9 atom stereocenters. The monoisotopic (exact) mass is 564 g/mol. The summed E-state index contributed by atoms with van der Waals surface area (Å²) in [5, 5.41) is 45.5. The molecule has 0 radical (unpaired) electrons. The van der Waals surface area contributed by atoms with Crippen molar-refractivity contribution in [2.75, 3.05) is 20.3 Å². The number of nitrogens with one attached hydrogen (secondary N) is 2. The van der Waals surface area contributed by atoms with Gasteiger partial charge in [0.05, 0.1) is 25.6 Å². The van der Waals surface area contributed by atoms with E-state index in [2.05, 4.69) is 16.9 Å². The van der Waals surface area contributed by atoms with Crippen LogP contribution < -0.4 is 5.32 Å².